The molecule has 1 heterocycles. The summed E-state index contributed by atoms with van der Waals surface area (Å²) in [5.41, 5.74) is 0.530. The van der Waals surface area contributed by atoms with Crippen LogP contribution in [0.3, 0.4) is 0 Å². The summed E-state index contributed by atoms with van der Waals surface area (Å²) in [4.78, 5) is 24.6. The second-order valence-corrected chi connectivity index (χ2v) is 6.22. The van der Waals surface area contributed by atoms with Crippen LogP contribution in [0.5, 0.6) is 5.75 Å². The van der Waals surface area contributed by atoms with Crippen molar-refractivity contribution in [2.75, 3.05) is 6.61 Å². The maximum atomic E-state index is 12.4. The molecule has 3 rings (SSSR count). The van der Waals surface area contributed by atoms with E-state index in [9.17, 15) is 9.59 Å². The molecule has 2 aromatic carbocycles. The smallest absolute Gasteiger partial charge is 0.347 e. The Hall–Kier alpha value is -2.66. The molecular formula is C20H15BrO4. The van der Waals surface area contributed by atoms with Crippen LogP contribution < -0.4 is 10.4 Å². The lowest BCUT2D eigenvalue weighted by atomic mass is 10.1. The van der Waals surface area contributed by atoms with Gasteiger partial charge in [-0.3, -0.25) is 4.79 Å². The van der Waals surface area contributed by atoms with E-state index >= 15 is 0 Å². The van der Waals surface area contributed by atoms with Crippen molar-refractivity contribution in [1.29, 1.82) is 0 Å². The molecule has 0 atom stereocenters. The molecule has 126 valence electrons. The van der Waals surface area contributed by atoms with Crippen LogP contribution in [0, 0.1) is 0 Å². The van der Waals surface area contributed by atoms with Gasteiger partial charge in [0, 0.05) is 9.86 Å². The Morgan fingerprint density at radius 3 is 2.68 bits per heavy atom. The van der Waals surface area contributed by atoms with E-state index in [1.165, 1.54) is 12.1 Å². The van der Waals surface area contributed by atoms with Crippen LogP contribution in [-0.4, -0.2) is 12.4 Å². The Bertz CT molecular complexity index is 1000. The van der Waals surface area contributed by atoms with Gasteiger partial charge in [0.25, 0.3) is 0 Å². The van der Waals surface area contributed by atoms with E-state index in [1.807, 2.05) is 31.2 Å². The second-order valence-electron chi connectivity index (χ2n) is 5.30. The van der Waals surface area contributed by atoms with Crippen LogP contribution in [0.15, 0.2) is 68.3 Å². The lowest BCUT2D eigenvalue weighted by Crippen LogP contribution is -2.12. The summed E-state index contributed by atoms with van der Waals surface area (Å²) in [6.45, 7) is 2.31. The molecule has 0 aliphatic carbocycles. The summed E-state index contributed by atoms with van der Waals surface area (Å²) in [6.07, 6.45) is 3.03. The first-order valence-electron chi connectivity index (χ1n) is 7.76. The first-order valence-corrected chi connectivity index (χ1v) is 8.55. The maximum Gasteiger partial charge on any atom is 0.347 e. The number of fused-ring (bicyclic) bond motifs is 1. The van der Waals surface area contributed by atoms with Gasteiger partial charge in [-0.25, -0.2) is 4.79 Å². The summed E-state index contributed by atoms with van der Waals surface area (Å²) >= 11 is 3.36. The summed E-state index contributed by atoms with van der Waals surface area (Å²) in [5.74, 6) is 0.0851. The molecule has 0 spiro atoms. The lowest BCUT2D eigenvalue weighted by molar-refractivity contribution is 0.104. The molecule has 0 saturated carbocycles. The first kappa shape index (κ1) is 17.2. The van der Waals surface area contributed by atoms with Gasteiger partial charge in [-0.15, -0.1) is 0 Å². The third-order valence-electron chi connectivity index (χ3n) is 3.59. The van der Waals surface area contributed by atoms with Crippen molar-refractivity contribution in [3.63, 3.8) is 0 Å². The number of carbonyl (C=O) groups is 1. The van der Waals surface area contributed by atoms with Gasteiger partial charge < -0.3 is 9.15 Å². The molecule has 0 bridgehead atoms. The minimum Gasteiger partial charge on any atom is -0.490 e. The zero-order valence-corrected chi connectivity index (χ0v) is 15.1. The Morgan fingerprint density at radius 2 is 1.96 bits per heavy atom. The molecule has 0 aliphatic rings. The maximum absolute atomic E-state index is 12.4. The lowest BCUT2D eigenvalue weighted by Gasteiger charge is -2.06. The van der Waals surface area contributed by atoms with Gasteiger partial charge in [0.15, 0.2) is 17.1 Å². The average molecular weight is 399 g/mol. The highest BCUT2D eigenvalue weighted by molar-refractivity contribution is 9.10. The van der Waals surface area contributed by atoms with Gasteiger partial charge in [0.1, 0.15) is 5.56 Å². The van der Waals surface area contributed by atoms with Gasteiger partial charge >= 0.3 is 5.63 Å². The molecule has 0 N–H and O–H groups in total. The fraction of sp³-hybridized carbons (Fsp3) is 0.100. The molecule has 3 aromatic rings. The second kappa shape index (κ2) is 7.49. The number of para-hydroxylation sites is 1. The number of rotatable bonds is 5. The Balaban J connectivity index is 1.95. The summed E-state index contributed by atoms with van der Waals surface area (Å²) in [5, 5.41) is 0.644. The van der Waals surface area contributed by atoms with E-state index in [2.05, 4.69) is 15.9 Å². The van der Waals surface area contributed by atoms with Crippen LogP contribution in [0.1, 0.15) is 22.8 Å². The zero-order valence-electron chi connectivity index (χ0n) is 13.5. The predicted molar refractivity (Wildman–Crippen MR) is 101 cm³/mol. The number of ether oxygens (including phenoxy) is 1. The van der Waals surface area contributed by atoms with Crippen LogP contribution in [0.2, 0.25) is 0 Å². The Labute approximate surface area is 152 Å². The van der Waals surface area contributed by atoms with E-state index in [4.69, 9.17) is 9.15 Å². The fourth-order valence-corrected chi connectivity index (χ4v) is 2.66. The Morgan fingerprint density at radius 1 is 1.20 bits per heavy atom. The molecule has 0 radical (unpaired) electrons. The van der Waals surface area contributed by atoms with Gasteiger partial charge in [0.05, 0.1) is 6.61 Å². The molecule has 1 aromatic heterocycles. The first-order chi connectivity index (χ1) is 12.1. The largest absolute Gasteiger partial charge is 0.490 e. The van der Waals surface area contributed by atoms with E-state index in [-0.39, 0.29) is 5.56 Å². The zero-order chi connectivity index (χ0) is 17.8. The molecule has 0 unspecified atom stereocenters. The highest BCUT2D eigenvalue weighted by Crippen LogP contribution is 2.25. The normalized spacial score (nSPS) is 11.1. The van der Waals surface area contributed by atoms with E-state index in [0.717, 1.165) is 10.0 Å². The molecule has 0 amide bonds. The monoisotopic (exact) mass is 398 g/mol. The van der Waals surface area contributed by atoms with Crippen molar-refractivity contribution in [2.45, 2.75) is 6.92 Å². The predicted octanol–water partition coefficient (Wildman–Crippen LogP) is 4.85. The van der Waals surface area contributed by atoms with Crippen molar-refractivity contribution < 1.29 is 13.9 Å². The summed E-state index contributed by atoms with van der Waals surface area (Å²) in [6, 6.07) is 14.3. The molecule has 0 saturated heterocycles. The van der Waals surface area contributed by atoms with Crippen molar-refractivity contribution in [3.05, 3.63) is 80.6 Å². The number of halogens is 1. The topological polar surface area (TPSA) is 56.5 Å². The summed E-state index contributed by atoms with van der Waals surface area (Å²) in [7, 11) is 0. The Kier molecular flexibility index (Phi) is 5.14. The summed E-state index contributed by atoms with van der Waals surface area (Å²) < 4.78 is 11.7. The van der Waals surface area contributed by atoms with Gasteiger partial charge in [-0.1, -0.05) is 46.3 Å². The van der Waals surface area contributed by atoms with Crippen molar-refractivity contribution in [1.82, 2.24) is 0 Å². The number of hydrogen-bond acceptors (Lipinski definition) is 4. The number of benzene rings is 2. The quantitative estimate of drug-likeness (QED) is 0.350. The molecule has 25 heavy (non-hydrogen) atoms. The minimum atomic E-state index is -0.676. The molecule has 4 nitrogen and oxygen atoms in total. The van der Waals surface area contributed by atoms with Gasteiger partial charge in [-0.05, 0) is 42.8 Å². The highest BCUT2D eigenvalue weighted by atomic mass is 79.9. The van der Waals surface area contributed by atoms with Crippen molar-refractivity contribution >= 4 is 38.8 Å². The third-order valence-corrected chi connectivity index (χ3v) is 4.12. The molecule has 0 aliphatic heterocycles. The van der Waals surface area contributed by atoms with E-state index in [0.29, 0.717) is 23.3 Å². The van der Waals surface area contributed by atoms with Crippen molar-refractivity contribution in [3.8, 4) is 5.75 Å². The standard InChI is InChI=1S/C20H15BrO4/c1-2-24-18-5-3-4-14-12-16(20(23)25-19(14)18)17(22)11-8-13-6-9-15(21)10-7-13/h3-12H,2H2,1H3. The van der Waals surface area contributed by atoms with Crippen LogP contribution in [-0.2, 0) is 0 Å². The number of allylic oxidation sites excluding steroid dienone is 1. The molecule has 5 heteroatoms. The van der Waals surface area contributed by atoms with E-state index < -0.39 is 11.4 Å². The average Bonchev–Trinajstić information content (AvgIpc) is 2.61. The van der Waals surface area contributed by atoms with Crippen LogP contribution >= 0.6 is 15.9 Å². The van der Waals surface area contributed by atoms with Gasteiger partial charge in [-0.2, -0.15) is 0 Å². The number of hydrogen-bond donors (Lipinski definition) is 0. The van der Waals surface area contributed by atoms with Crippen molar-refractivity contribution in [2.24, 2.45) is 0 Å². The minimum absolute atomic E-state index is 0.00508. The highest BCUT2D eigenvalue weighted by Gasteiger charge is 2.13. The number of carbonyl (C=O) groups excluding carboxylic acids is 1. The SMILES string of the molecule is CCOc1cccc2cc(C(=O)C=Cc3ccc(Br)cc3)c(=O)oc12. The van der Waals surface area contributed by atoms with Gasteiger partial charge in [0.2, 0.25) is 0 Å². The third kappa shape index (κ3) is 3.88. The molecular weight excluding hydrogens is 384 g/mol. The van der Waals surface area contributed by atoms with E-state index in [1.54, 1.807) is 24.3 Å². The van der Waals surface area contributed by atoms with Crippen LogP contribution in [0.4, 0.5) is 0 Å². The molecule has 0 fully saturated rings. The number of ketones is 1. The van der Waals surface area contributed by atoms with Crippen LogP contribution in [0.25, 0.3) is 17.0 Å². The fourth-order valence-electron chi connectivity index (χ4n) is 2.39.